The van der Waals surface area contributed by atoms with Crippen molar-refractivity contribution in [3.63, 3.8) is 0 Å². The third kappa shape index (κ3) is 27.5. The van der Waals surface area contributed by atoms with E-state index in [-0.39, 0.29) is 146 Å². The van der Waals surface area contributed by atoms with Gasteiger partial charge < -0.3 is 37.1 Å². The maximum atomic E-state index is 13.4. The van der Waals surface area contributed by atoms with Gasteiger partial charge in [0.1, 0.15) is 5.69 Å². The molecule has 0 spiro atoms. The molecule has 4 aromatic rings. The normalized spacial score (nSPS) is 18.8. The van der Waals surface area contributed by atoms with Gasteiger partial charge in [-0.05, 0) is 69.6 Å². The number of ether oxygens (including phenoxy) is 1. The van der Waals surface area contributed by atoms with Gasteiger partial charge in [-0.15, -0.1) is 0 Å². The quantitative estimate of drug-likeness (QED) is 0.0270. The maximum Gasteiger partial charge on any atom is 0.358 e. The number of hydrogen-bond donors (Lipinski definition) is 7. The summed E-state index contributed by atoms with van der Waals surface area (Å²) in [5.74, 6) is -11.0. The summed E-state index contributed by atoms with van der Waals surface area (Å²) in [6.45, 7) is 0. The molecule has 9 N–H and O–H groups in total. The first-order valence-electron chi connectivity index (χ1n) is 24.2. The summed E-state index contributed by atoms with van der Waals surface area (Å²) in [5.41, 5.74) is 12.3. The number of aromatic nitrogens is 9. The average Bonchev–Trinajstić information content (AvgIpc) is 4.14. The molecule has 33 heteroatoms. The second-order valence-electron chi connectivity index (χ2n) is 18.3. The number of aliphatic hydroxyl groups excluding tert-OH is 1. The van der Waals surface area contributed by atoms with Crippen molar-refractivity contribution in [2.24, 2.45) is 42.6 Å². The first-order valence-corrected chi connectivity index (χ1v) is 27.0. The van der Waals surface area contributed by atoms with Crippen molar-refractivity contribution in [3.05, 3.63) is 48.2 Å². The third-order valence-corrected chi connectivity index (χ3v) is 12.0. The van der Waals surface area contributed by atoms with Crippen molar-refractivity contribution >= 4 is 66.3 Å². The smallest absolute Gasteiger partial charge is 0.358 e. The van der Waals surface area contributed by atoms with E-state index in [1.54, 1.807) is 61.2 Å². The Balaban J connectivity index is 0.000000561. The summed E-state index contributed by atoms with van der Waals surface area (Å²) >= 11 is 0. The lowest BCUT2D eigenvalue weighted by Gasteiger charge is -2.29. The molecule has 0 saturated heterocycles. The molecule has 454 valence electrons. The lowest BCUT2D eigenvalue weighted by atomic mass is 9.92. The minimum absolute atomic E-state index is 0. The van der Waals surface area contributed by atoms with Gasteiger partial charge in [0, 0.05) is 132 Å². The van der Waals surface area contributed by atoms with Gasteiger partial charge in [-0.25, -0.2) is 58.9 Å². The van der Waals surface area contributed by atoms with E-state index in [0.717, 1.165) is 7.11 Å². The van der Waals surface area contributed by atoms with Crippen LogP contribution in [0.15, 0.2) is 46.8 Å². The first kappa shape index (κ1) is 72.1. The summed E-state index contributed by atoms with van der Waals surface area (Å²) in [6, 6.07) is 3.96. The number of carboxylic acid groups (broad SMARTS) is 1. The average molecular weight is 1210 g/mol. The number of aryl methyl sites for hydroxylation is 3. The van der Waals surface area contributed by atoms with Crippen molar-refractivity contribution < 1.29 is 63.9 Å². The van der Waals surface area contributed by atoms with E-state index in [2.05, 4.69) is 82.3 Å². The van der Waals surface area contributed by atoms with E-state index in [9.17, 15) is 44.7 Å². The molecule has 80 heavy (non-hydrogen) atoms. The van der Waals surface area contributed by atoms with Crippen molar-refractivity contribution in [1.82, 2.24) is 49.6 Å². The maximum absolute atomic E-state index is 13.4. The minimum Gasteiger partial charge on any atom is -0.476 e. The van der Waals surface area contributed by atoms with Gasteiger partial charge in [0.15, 0.2) is 29.1 Å². The SMILES string of the molecule is C.C.CO.COC(=O)c1ccn(C)n1.Cn1ccc(-c2nc(NC3CCC(F)(F)CC3)nc(NC3CCC(F)(F)CC3)n2)n1.Cn1ccc(C(=O)O)n1.NC(=NC1CCC(F)(F)CC1)NC(N)=NC1CCC(F)(F)CC1.O=S(Cl)Cl. The number of guanidine groups is 2. The summed E-state index contributed by atoms with van der Waals surface area (Å²) in [6.07, 6.45) is 5.87. The monoisotopic (exact) mass is 1210 g/mol. The Labute approximate surface area is 470 Å². The van der Waals surface area contributed by atoms with Gasteiger partial charge in [-0.2, -0.15) is 30.2 Å². The van der Waals surface area contributed by atoms with Crippen LogP contribution in [0.3, 0.4) is 0 Å². The van der Waals surface area contributed by atoms with Crippen molar-refractivity contribution in [1.29, 1.82) is 0 Å². The number of aliphatic hydroxyl groups is 1. The number of aromatic carboxylic acids is 1. The molecule has 4 heterocycles. The van der Waals surface area contributed by atoms with E-state index in [4.69, 9.17) is 25.9 Å². The Hall–Kier alpha value is -5.95. The van der Waals surface area contributed by atoms with Crippen LogP contribution in [0.2, 0.25) is 0 Å². The molecule has 0 aliphatic heterocycles. The van der Waals surface area contributed by atoms with Crippen LogP contribution in [0.4, 0.5) is 47.0 Å². The minimum atomic E-state index is -2.62. The first-order chi connectivity index (χ1) is 36.5. The molecular weight excluding hydrogens is 1140 g/mol. The number of rotatable bonds is 9. The number of nitrogens with one attached hydrogen (secondary N) is 3. The highest BCUT2D eigenvalue weighted by Crippen LogP contribution is 2.37. The standard InChI is InChI=1S/C19H25F4N7.C14H23F4N5.C6H8N2O2.C5H6N2O2.CH4O.2CH4.Cl2OS/c1-30-11-6-14(29-30)15-26-16(24-12-2-7-18(20,21)8-3-12)28-17(27-15)25-13-4-9-19(22,23)10-5-13;15-13(16)5-1-9(2-6-13)21-11(19)23-12(20)22-10-3-7-14(17,18)8-4-10;1-8-4-3-5(7-8)6(9)10-2;1-7-3-2-4(6-7)5(8)9;1-2;;;1-4(2)3/h6,11-13H,2-5,7-10H2,1H3,(H2,24,25,26,27,28);9-10H,1-8H2,(H5,19,20,21,22,23);3-4H,1-2H3;2-3H,1H3,(H,8,9);2H,1H3;2*1H4;. The van der Waals surface area contributed by atoms with Crippen molar-refractivity contribution in [2.75, 3.05) is 24.9 Å². The Bertz CT molecular complexity index is 2460. The van der Waals surface area contributed by atoms with Crippen LogP contribution in [0.1, 0.15) is 139 Å². The highest BCUT2D eigenvalue weighted by Gasteiger charge is 2.38. The Kier molecular flexibility index (Phi) is 30.4. The molecule has 0 radical (unpaired) electrons. The zero-order chi connectivity index (χ0) is 58.4. The summed E-state index contributed by atoms with van der Waals surface area (Å²) in [4.78, 5) is 42.3. The van der Waals surface area contributed by atoms with Gasteiger partial charge in [0.05, 0.1) is 19.2 Å². The van der Waals surface area contributed by atoms with Crippen LogP contribution in [0, 0.1) is 0 Å². The third-order valence-electron chi connectivity index (χ3n) is 12.0. The van der Waals surface area contributed by atoms with E-state index in [1.165, 1.54) is 17.9 Å². The van der Waals surface area contributed by atoms with E-state index in [1.807, 2.05) is 0 Å². The zero-order valence-electron chi connectivity index (χ0n) is 43.4. The zero-order valence-corrected chi connectivity index (χ0v) is 45.7. The van der Waals surface area contributed by atoms with Gasteiger partial charge in [0.25, 0.3) is 0 Å². The fourth-order valence-electron chi connectivity index (χ4n) is 7.94. The number of hydrogen-bond acceptors (Lipinski definition) is 15. The summed E-state index contributed by atoms with van der Waals surface area (Å²) < 4.78 is 124. The lowest BCUT2D eigenvalue weighted by molar-refractivity contribution is -0.0378. The Morgan fingerprint density at radius 2 is 0.950 bits per heavy atom. The van der Waals surface area contributed by atoms with E-state index in [0.29, 0.717) is 42.9 Å². The highest BCUT2D eigenvalue weighted by atomic mass is 36.0. The predicted molar refractivity (Wildman–Crippen MR) is 291 cm³/mol. The number of nitrogens with two attached hydrogens (primary N) is 2. The number of nitrogens with zero attached hydrogens (tertiary/aromatic N) is 11. The largest absolute Gasteiger partial charge is 0.476 e. The topological polar surface area (TPSA) is 306 Å². The summed E-state index contributed by atoms with van der Waals surface area (Å²) in [5, 5.41) is 35.9. The number of aliphatic imine (C=N–C) groups is 2. The van der Waals surface area contributed by atoms with Crippen LogP contribution in [0.5, 0.6) is 0 Å². The van der Waals surface area contributed by atoms with E-state index >= 15 is 0 Å². The predicted octanol–water partition coefficient (Wildman–Crippen LogP) is 8.86. The number of esters is 1. The molecule has 4 aromatic heterocycles. The van der Waals surface area contributed by atoms with E-state index < -0.39 is 44.9 Å². The number of methoxy groups -OCH3 is 1. The van der Waals surface area contributed by atoms with Crippen molar-refractivity contribution in [3.8, 4) is 11.5 Å². The molecular formula is C47H74Cl2F8N16O6S. The van der Waals surface area contributed by atoms with Gasteiger partial charge in [-0.1, -0.05) is 14.9 Å². The van der Waals surface area contributed by atoms with Crippen LogP contribution in [-0.4, -0.2) is 145 Å². The lowest BCUT2D eigenvalue weighted by Crippen LogP contribution is -2.43. The number of carbonyl (C=O) groups excluding carboxylic acids is 1. The molecule has 0 amide bonds. The molecule has 0 bridgehead atoms. The molecule has 4 fully saturated rings. The van der Waals surface area contributed by atoms with Crippen molar-refractivity contribution in [2.45, 2.75) is 165 Å². The Morgan fingerprint density at radius 3 is 1.24 bits per heavy atom. The van der Waals surface area contributed by atoms with Crippen LogP contribution in [-0.2, 0) is 35.1 Å². The number of alkyl halides is 8. The highest BCUT2D eigenvalue weighted by molar-refractivity contribution is 8.26. The van der Waals surface area contributed by atoms with Crippen LogP contribution < -0.4 is 27.4 Å². The van der Waals surface area contributed by atoms with Gasteiger partial charge >= 0.3 is 11.9 Å². The molecule has 0 aromatic carbocycles. The number of anilines is 2. The number of carbonyl (C=O) groups is 2. The number of carboxylic acids is 1. The van der Waals surface area contributed by atoms with Gasteiger partial charge in [0.2, 0.25) is 44.8 Å². The molecule has 4 saturated carbocycles. The molecule has 0 unspecified atom stereocenters. The fraction of sp³-hybridized carbons (Fsp3) is 0.660. The Morgan fingerprint density at radius 1 is 0.625 bits per heavy atom. The molecule has 4 aliphatic rings. The van der Waals surface area contributed by atoms with Crippen LogP contribution in [0.25, 0.3) is 11.5 Å². The molecule has 0 atom stereocenters. The molecule has 22 nitrogen and oxygen atoms in total. The number of halogens is 10. The molecule has 4 aliphatic carbocycles. The van der Waals surface area contributed by atoms with Gasteiger partial charge in [-0.3, -0.25) is 19.4 Å². The molecule has 8 rings (SSSR count). The summed E-state index contributed by atoms with van der Waals surface area (Å²) in [7, 11) is 14.9. The second-order valence-corrected chi connectivity index (χ2v) is 20.8. The van der Waals surface area contributed by atoms with Crippen LogP contribution >= 0.6 is 21.4 Å². The fourth-order valence-corrected chi connectivity index (χ4v) is 7.94. The second kappa shape index (κ2) is 33.7.